The molecular formula is C16H23NO3. The van der Waals surface area contributed by atoms with E-state index in [-0.39, 0.29) is 12.5 Å². The summed E-state index contributed by atoms with van der Waals surface area (Å²) in [6, 6.07) is 7.95. The van der Waals surface area contributed by atoms with Gasteiger partial charge in [-0.3, -0.25) is 4.79 Å². The molecule has 0 bridgehead atoms. The number of aliphatic hydroxyl groups excluding tert-OH is 1. The second-order valence-electron chi connectivity index (χ2n) is 5.20. The van der Waals surface area contributed by atoms with Crippen molar-refractivity contribution in [3.8, 4) is 0 Å². The van der Waals surface area contributed by atoms with E-state index in [1.54, 1.807) is 0 Å². The van der Waals surface area contributed by atoms with Crippen molar-refractivity contribution in [3.05, 3.63) is 35.4 Å². The molecule has 1 aliphatic rings. The van der Waals surface area contributed by atoms with Gasteiger partial charge in [0.2, 0.25) is 0 Å². The zero-order chi connectivity index (χ0) is 14.2. The quantitative estimate of drug-likeness (QED) is 0.750. The molecule has 4 heteroatoms. The molecule has 1 aliphatic carbocycles. The summed E-state index contributed by atoms with van der Waals surface area (Å²) < 4.78 is 5.09. The Kier molecular flexibility index (Phi) is 6.02. The molecule has 110 valence electrons. The van der Waals surface area contributed by atoms with Gasteiger partial charge >= 0.3 is 0 Å². The summed E-state index contributed by atoms with van der Waals surface area (Å²) in [6.45, 7) is 1.21. The Bertz CT molecular complexity index is 410. The molecule has 1 saturated carbocycles. The molecule has 1 amide bonds. The molecule has 2 N–H and O–H groups in total. The Labute approximate surface area is 120 Å². The first-order valence-corrected chi connectivity index (χ1v) is 7.38. The van der Waals surface area contributed by atoms with Gasteiger partial charge < -0.3 is 15.2 Å². The Hall–Kier alpha value is -1.39. The van der Waals surface area contributed by atoms with Crippen molar-refractivity contribution in [2.24, 2.45) is 0 Å². The maximum Gasteiger partial charge on any atom is 0.251 e. The maximum atomic E-state index is 11.9. The molecule has 1 aromatic carbocycles. The van der Waals surface area contributed by atoms with E-state index >= 15 is 0 Å². The smallest absolute Gasteiger partial charge is 0.251 e. The molecule has 0 spiro atoms. The van der Waals surface area contributed by atoms with Crippen LogP contribution in [0, 0.1) is 0 Å². The molecule has 1 aromatic rings. The van der Waals surface area contributed by atoms with Gasteiger partial charge in [0.05, 0.1) is 19.8 Å². The zero-order valence-electron chi connectivity index (χ0n) is 11.8. The highest BCUT2D eigenvalue weighted by molar-refractivity contribution is 5.94. The fraction of sp³-hybridized carbons (Fsp3) is 0.562. The first-order valence-electron chi connectivity index (χ1n) is 7.38. The molecule has 0 radical (unpaired) electrons. The molecular weight excluding hydrogens is 254 g/mol. The van der Waals surface area contributed by atoms with Crippen LogP contribution in [0.2, 0.25) is 0 Å². The Balaban J connectivity index is 1.78. The largest absolute Gasteiger partial charge is 0.394 e. The predicted octanol–water partition coefficient (Wildman–Crippen LogP) is 2.08. The van der Waals surface area contributed by atoms with Crippen molar-refractivity contribution in [1.82, 2.24) is 5.32 Å². The second-order valence-corrected chi connectivity index (χ2v) is 5.20. The lowest BCUT2D eigenvalue weighted by atomic mass is 9.96. The number of rotatable bonds is 7. The minimum atomic E-state index is -0.0735. The summed E-state index contributed by atoms with van der Waals surface area (Å²) in [7, 11) is 0. The summed E-state index contributed by atoms with van der Waals surface area (Å²) in [5.41, 5.74) is 2.04. The van der Waals surface area contributed by atoms with E-state index in [4.69, 9.17) is 9.84 Å². The number of carbonyl (C=O) groups is 1. The van der Waals surface area contributed by atoms with Crippen LogP contribution in [0.1, 0.15) is 47.5 Å². The van der Waals surface area contributed by atoms with Gasteiger partial charge in [0.25, 0.3) is 5.91 Å². The van der Waals surface area contributed by atoms with E-state index in [2.05, 4.69) is 17.4 Å². The van der Waals surface area contributed by atoms with E-state index in [0.717, 1.165) is 0 Å². The van der Waals surface area contributed by atoms with Gasteiger partial charge in [0.1, 0.15) is 0 Å². The summed E-state index contributed by atoms with van der Waals surface area (Å²) in [6.07, 6.45) is 5.18. The van der Waals surface area contributed by atoms with E-state index in [0.29, 0.717) is 31.2 Å². The molecule has 2 rings (SSSR count). The first kappa shape index (κ1) is 15.0. The van der Waals surface area contributed by atoms with Gasteiger partial charge in [-0.05, 0) is 36.5 Å². The van der Waals surface area contributed by atoms with Gasteiger partial charge in [0, 0.05) is 12.1 Å². The molecule has 4 nitrogen and oxygen atoms in total. The van der Waals surface area contributed by atoms with Crippen LogP contribution in [0.15, 0.2) is 24.3 Å². The molecule has 0 aromatic heterocycles. The zero-order valence-corrected chi connectivity index (χ0v) is 11.8. The minimum absolute atomic E-state index is 0.0105. The fourth-order valence-electron chi connectivity index (χ4n) is 2.67. The van der Waals surface area contributed by atoms with Crippen LogP contribution < -0.4 is 5.32 Å². The highest BCUT2D eigenvalue weighted by Gasteiger charge is 2.17. The lowest BCUT2D eigenvalue weighted by molar-refractivity contribution is 0.0838. The SMILES string of the molecule is O=C(NCCOCCO)c1ccc(C2CCCC2)cc1. The standard InChI is InChI=1S/C16H23NO3/c18-10-12-20-11-9-17-16(19)15-7-5-14(6-8-15)13-3-1-2-4-13/h5-8,13,18H,1-4,9-12H2,(H,17,19). The summed E-state index contributed by atoms with van der Waals surface area (Å²) in [5, 5.41) is 11.4. The normalized spacial score (nSPS) is 15.4. The van der Waals surface area contributed by atoms with E-state index < -0.39 is 0 Å². The van der Waals surface area contributed by atoms with Gasteiger partial charge in [-0.15, -0.1) is 0 Å². The number of hydrogen-bond donors (Lipinski definition) is 2. The Morgan fingerprint density at radius 1 is 1.20 bits per heavy atom. The molecule has 0 unspecified atom stereocenters. The monoisotopic (exact) mass is 277 g/mol. The Morgan fingerprint density at radius 2 is 1.90 bits per heavy atom. The van der Waals surface area contributed by atoms with Gasteiger partial charge in [-0.1, -0.05) is 25.0 Å². The number of nitrogens with one attached hydrogen (secondary N) is 1. The third-order valence-electron chi connectivity index (χ3n) is 3.77. The predicted molar refractivity (Wildman–Crippen MR) is 77.9 cm³/mol. The van der Waals surface area contributed by atoms with Crippen molar-refractivity contribution < 1.29 is 14.6 Å². The topological polar surface area (TPSA) is 58.6 Å². The van der Waals surface area contributed by atoms with Crippen LogP contribution in [-0.4, -0.2) is 37.4 Å². The van der Waals surface area contributed by atoms with Crippen molar-refractivity contribution in [3.63, 3.8) is 0 Å². The van der Waals surface area contributed by atoms with Crippen LogP contribution in [0.3, 0.4) is 0 Å². The average Bonchev–Trinajstić information content (AvgIpc) is 3.01. The van der Waals surface area contributed by atoms with Crippen molar-refractivity contribution in [2.75, 3.05) is 26.4 Å². The molecule has 0 atom stereocenters. The highest BCUT2D eigenvalue weighted by Crippen LogP contribution is 2.33. The van der Waals surface area contributed by atoms with Crippen LogP contribution in [-0.2, 0) is 4.74 Å². The molecule has 1 fully saturated rings. The molecule has 20 heavy (non-hydrogen) atoms. The number of amides is 1. The molecule has 0 aliphatic heterocycles. The number of aliphatic hydroxyl groups is 1. The third-order valence-corrected chi connectivity index (χ3v) is 3.77. The van der Waals surface area contributed by atoms with Crippen molar-refractivity contribution in [2.45, 2.75) is 31.6 Å². The van der Waals surface area contributed by atoms with Gasteiger partial charge in [-0.2, -0.15) is 0 Å². The van der Waals surface area contributed by atoms with Crippen LogP contribution in [0.4, 0.5) is 0 Å². The van der Waals surface area contributed by atoms with Crippen LogP contribution in [0.5, 0.6) is 0 Å². The highest BCUT2D eigenvalue weighted by atomic mass is 16.5. The van der Waals surface area contributed by atoms with E-state index in [1.165, 1.54) is 31.2 Å². The van der Waals surface area contributed by atoms with Crippen molar-refractivity contribution in [1.29, 1.82) is 0 Å². The lowest BCUT2D eigenvalue weighted by Gasteiger charge is -2.10. The Morgan fingerprint density at radius 3 is 2.55 bits per heavy atom. The van der Waals surface area contributed by atoms with Gasteiger partial charge in [0.15, 0.2) is 0 Å². The number of carbonyl (C=O) groups excluding carboxylic acids is 1. The van der Waals surface area contributed by atoms with Crippen molar-refractivity contribution >= 4 is 5.91 Å². The first-order chi connectivity index (χ1) is 9.81. The van der Waals surface area contributed by atoms with E-state index in [9.17, 15) is 4.79 Å². The molecule has 0 heterocycles. The lowest BCUT2D eigenvalue weighted by Crippen LogP contribution is -2.27. The second kappa shape index (κ2) is 8.02. The van der Waals surface area contributed by atoms with E-state index in [1.807, 2.05) is 12.1 Å². The fourth-order valence-corrected chi connectivity index (χ4v) is 2.67. The number of benzene rings is 1. The maximum absolute atomic E-state index is 11.9. The van der Waals surface area contributed by atoms with Gasteiger partial charge in [-0.25, -0.2) is 0 Å². The minimum Gasteiger partial charge on any atom is -0.394 e. The molecule has 0 saturated heterocycles. The number of ether oxygens (including phenoxy) is 1. The third kappa shape index (κ3) is 4.32. The summed E-state index contributed by atoms with van der Waals surface area (Å²) >= 11 is 0. The average molecular weight is 277 g/mol. The van der Waals surface area contributed by atoms with Crippen LogP contribution >= 0.6 is 0 Å². The number of hydrogen-bond acceptors (Lipinski definition) is 3. The van der Waals surface area contributed by atoms with Crippen LogP contribution in [0.25, 0.3) is 0 Å². The summed E-state index contributed by atoms with van der Waals surface area (Å²) in [4.78, 5) is 11.9. The summed E-state index contributed by atoms with van der Waals surface area (Å²) in [5.74, 6) is 0.606.